The molecule has 0 aliphatic carbocycles. The molecule has 1 unspecified atom stereocenters. The van der Waals surface area contributed by atoms with E-state index in [9.17, 15) is 9.59 Å². The van der Waals surface area contributed by atoms with Gasteiger partial charge in [-0.1, -0.05) is 30.3 Å². The van der Waals surface area contributed by atoms with Crippen LogP contribution in [0.15, 0.2) is 42.5 Å². The van der Waals surface area contributed by atoms with E-state index in [1.807, 2.05) is 36.4 Å². The molecule has 0 heterocycles. The van der Waals surface area contributed by atoms with Gasteiger partial charge in [0.15, 0.2) is 0 Å². The molecule has 2 N–H and O–H groups in total. The van der Waals surface area contributed by atoms with E-state index in [1.54, 1.807) is 20.0 Å². The molecule has 122 valence electrons. The molecule has 0 bridgehead atoms. The summed E-state index contributed by atoms with van der Waals surface area (Å²) in [5.74, 6) is -0.299. The number of nitrogens with zero attached hydrogens (tertiary/aromatic N) is 1. The van der Waals surface area contributed by atoms with Crippen LogP contribution in [-0.4, -0.2) is 48.1 Å². The zero-order valence-corrected chi connectivity index (χ0v) is 13.5. The van der Waals surface area contributed by atoms with E-state index in [0.717, 1.165) is 10.8 Å². The number of fused-ring (bicyclic) bond motifs is 1. The molecule has 2 aromatic rings. The van der Waals surface area contributed by atoms with Crippen LogP contribution in [0.2, 0.25) is 0 Å². The quantitative estimate of drug-likeness (QED) is 0.854. The third kappa shape index (κ3) is 4.29. The SMILES string of the molecule is CC(CO)N(C)C(=O)CCNC(=O)c1ccc2ccccc2c1. The summed E-state index contributed by atoms with van der Waals surface area (Å²) in [5, 5.41) is 13.9. The van der Waals surface area contributed by atoms with Crippen molar-refractivity contribution >= 4 is 22.6 Å². The summed E-state index contributed by atoms with van der Waals surface area (Å²) in [4.78, 5) is 25.5. The second kappa shape index (κ2) is 7.74. The van der Waals surface area contributed by atoms with Crippen LogP contribution in [0.1, 0.15) is 23.7 Å². The third-order valence-corrected chi connectivity index (χ3v) is 3.95. The number of hydrogen-bond donors (Lipinski definition) is 2. The van der Waals surface area contributed by atoms with Crippen molar-refractivity contribution in [2.24, 2.45) is 0 Å². The molecule has 0 aliphatic rings. The van der Waals surface area contributed by atoms with Crippen LogP contribution in [-0.2, 0) is 4.79 Å². The van der Waals surface area contributed by atoms with E-state index in [1.165, 1.54) is 4.90 Å². The number of benzene rings is 2. The van der Waals surface area contributed by atoms with Gasteiger partial charge in [0.2, 0.25) is 5.91 Å². The Hall–Kier alpha value is -2.40. The molecule has 0 aliphatic heterocycles. The summed E-state index contributed by atoms with van der Waals surface area (Å²) in [5.41, 5.74) is 0.577. The first-order valence-corrected chi connectivity index (χ1v) is 7.66. The second-order valence-corrected chi connectivity index (χ2v) is 5.60. The summed E-state index contributed by atoms with van der Waals surface area (Å²) < 4.78 is 0. The van der Waals surface area contributed by atoms with Crippen molar-refractivity contribution < 1.29 is 14.7 Å². The number of amides is 2. The smallest absolute Gasteiger partial charge is 0.251 e. The lowest BCUT2D eigenvalue weighted by Gasteiger charge is -2.23. The van der Waals surface area contributed by atoms with Gasteiger partial charge >= 0.3 is 0 Å². The van der Waals surface area contributed by atoms with Crippen molar-refractivity contribution in [2.75, 3.05) is 20.2 Å². The standard InChI is InChI=1S/C18H22N2O3/c1-13(12-21)20(2)17(22)9-10-19-18(23)16-8-7-14-5-3-4-6-15(14)11-16/h3-8,11,13,21H,9-10,12H2,1-2H3,(H,19,23). The summed E-state index contributed by atoms with van der Waals surface area (Å²) in [7, 11) is 1.65. The Labute approximate surface area is 135 Å². The third-order valence-electron chi connectivity index (χ3n) is 3.95. The molecule has 2 aromatic carbocycles. The predicted molar refractivity (Wildman–Crippen MR) is 90.2 cm³/mol. The molecular formula is C18H22N2O3. The molecule has 1 atom stereocenters. The molecule has 0 saturated carbocycles. The lowest BCUT2D eigenvalue weighted by Crippen LogP contribution is -2.39. The second-order valence-electron chi connectivity index (χ2n) is 5.60. The maximum atomic E-state index is 12.2. The highest BCUT2D eigenvalue weighted by Crippen LogP contribution is 2.15. The first kappa shape index (κ1) is 17.0. The van der Waals surface area contributed by atoms with Crippen LogP contribution in [0, 0.1) is 0 Å². The Bertz CT molecular complexity index is 699. The monoisotopic (exact) mass is 314 g/mol. The molecule has 0 fully saturated rings. The van der Waals surface area contributed by atoms with Gasteiger partial charge in [-0.15, -0.1) is 0 Å². The van der Waals surface area contributed by atoms with Crippen LogP contribution >= 0.6 is 0 Å². The summed E-state index contributed by atoms with van der Waals surface area (Å²) in [6, 6.07) is 13.1. The van der Waals surface area contributed by atoms with E-state index in [0.29, 0.717) is 5.56 Å². The molecule has 0 saturated heterocycles. The lowest BCUT2D eigenvalue weighted by molar-refractivity contribution is -0.132. The highest BCUT2D eigenvalue weighted by Gasteiger charge is 2.15. The Balaban J connectivity index is 1.90. The predicted octanol–water partition coefficient (Wildman–Crippen LogP) is 1.80. The van der Waals surface area contributed by atoms with E-state index in [2.05, 4.69) is 5.32 Å². The van der Waals surface area contributed by atoms with Gasteiger partial charge in [0, 0.05) is 25.6 Å². The van der Waals surface area contributed by atoms with E-state index < -0.39 is 0 Å². The van der Waals surface area contributed by atoms with Gasteiger partial charge in [-0.2, -0.15) is 0 Å². The van der Waals surface area contributed by atoms with Crippen LogP contribution in [0.4, 0.5) is 0 Å². The number of aliphatic hydroxyl groups is 1. The van der Waals surface area contributed by atoms with Gasteiger partial charge in [0.1, 0.15) is 0 Å². The first-order chi connectivity index (χ1) is 11.0. The van der Waals surface area contributed by atoms with Crippen LogP contribution < -0.4 is 5.32 Å². The molecule has 2 rings (SSSR count). The Morgan fingerprint density at radius 1 is 1.17 bits per heavy atom. The zero-order valence-electron chi connectivity index (χ0n) is 13.5. The number of hydrogen-bond acceptors (Lipinski definition) is 3. The molecule has 0 spiro atoms. The highest BCUT2D eigenvalue weighted by atomic mass is 16.3. The molecular weight excluding hydrogens is 292 g/mol. The minimum absolute atomic E-state index is 0.0777. The number of carbonyl (C=O) groups is 2. The van der Waals surface area contributed by atoms with Crippen LogP contribution in [0.5, 0.6) is 0 Å². The Kier molecular flexibility index (Phi) is 5.71. The van der Waals surface area contributed by atoms with Crippen molar-refractivity contribution in [1.29, 1.82) is 0 Å². The number of nitrogens with one attached hydrogen (secondary N) is 1. The van der Waals surface area contributed by atoms with Crippen molar-refractivity contribution in [3.05, 3.63) is 48.0 Å². The summed E-state index contributed by atoms with van der Waals surface area (Å²) >= 11 is 0. The van der Waals surface area contributed by atoms with Gasteiger partial charge in [0.05, 0.1) is 12.6 Å². The highest BCUT2D eigenvalue weighted by molar-refractivity contribution is 5.98. The normalized spacial score (nSPS) is 12.0. The minimum atomic E-state index is -0.223. The van der Waals surface area contributed by atoms with E-state index in [-0.39, 0.29) is 37.4 Å². The van der Waals surface area contributed by atoms with E-state index >= 15 is 0 Å². The topological polar surface area (TPSA) is 69.6 Å². The lowest BCUT2D eigenvalue weighted by atomic mass is 10.1. The molecule has 5 heteroatoms. The Morgan fingerprint density at radius 2 is 1.87 bits per heavy atom. The number of rotatable bonds is 6. The number of carbonyl (C=O) groups excluding carboxylic acids is 2. The van der Waals surface area contributed by atoms with Crippen LogP contribution in [0.3, 0.4) is 0 Å². The van der Waals surface area contributed by atoms with Gasteiger partial charge in [0.25, 0.3) is 5.91 Å². The maximum Gasteiger partial charge on any atom is 0.251 e. The fourth-order valence-electron chi connectivity index (χ4n) is 2.26. The first-order valence-electron chi connectivity index (χ1n) is 7.66. The van der Waals surface area contributed by atoms with Crippen molar-refractivity contribution in [2.45, 2.75) is 19.4 Å². The summed E-state index contributed by atoms with van der Waals surface area (Å²) in [6.45, 7) is 1.96. The largest absolute Gasteiger partial charge is 0.394 e. The van der Waals surface area contributed by atoms with Gasteiger partial charge in [-0.3, -0.25) is 9.59 Å². The van der Waals surface area contributed by atoms with Crippen molar-refractivity contribution in [1.82, 2.24) is 10.2 Å². The van der Waals surface area contributed by atoms with Gasteiger partial charge < -0.3 is 15.3 Å². The van der Waals surface area contributed by atoms with Crippen molar-refractivity contribution in [3.8, 4) is 0 Å². The van der Waals surface area contributed by atoms with Gasteiger partial charge in [-0.25, -0.2) is 0 Å². The molecule has 0 radical (unpaired) electrons. The fourth-order valence-corrected chi connectivity index (χ4v) is 2.26. The average molecular weight is 314 g/mol. The fraction of sp³-hybridized carbons (Fsp3) is 0.333. The van der Waals surface area contributed by atoms with Crippen LogP contribution in [0.25, 0.3) is 10.8 Å². The molecule has 2 amide bonds. The number of aliphatic hydroxyl groups excluding tert-OH is 1. The zero-order chi connectivity index (χ0) is 16.8. The molecule has 23 heavy (non-hydrogen) atoms. The van der Waals surface area contributed by atoms with Crippen molar-refractivity contribution in [3.63, 3.8) is 0 Å². The maximum absolute atomic E-state index is 12.2. The Morgan fingerprint density at radius 3 is 2.57 bits per heavy atom. The van der Waals surface area contributed by atoms with Gasteiger partial charge in [-0.05, 0) is 29.8 Å². The summed E-state index contributed by atoms with van der Waals surface area (Å²) in [6.07, 6.45) is 0.208. The molecule has 0 aromatic heterocycles. The average Bonchev–Trinajstić information content (AvgIpc) is 2.59. The molecule has 5 nitrogen and oxygen atoms in total. The van der Waals surface area contributed by atoms with E-state index in [4.69, 9.17) is 5.11 Å². The number of likely N-dealkylation sites (N-methyl/N-ethyl adjacent to an activating group) is 1. The minimum Gasteiger partial charge on any atom is -0.394 e.